The first-order valence-corrected chi connectivity index (χ1v) is 5.13. The van der Waals surface area contributed by atoms with Crippen LogP contribution in [0.4, 0.5) is 4.39 Å². The van der Waals surface area contributed by atoms with E-state index in [1.54, 1.807) is 7.11 Å². The lowest BCUT2D eigenvalue weighted by molar-refractivity contribution is 0.184. The Morgan fingerprint density at radius 2 is 2.25 bits per heavy atom. The van der Waals surface area contributed by atoms with Crippen molar-refractivity contribution in [2.24, 2.45) is 5.73 Å². The lowest BCUT2D eigenvalue weighted by Crippen LogP contribution is -1.99. The molecule has 0 amide bonds. The summed E-state index contributed by atoms with van der Waals surface area (Å²) >= 11 is 5.89. The van der Waals surface area contributed by atoms with E-state index in [1.165, 1.54) is 12.1 Å². The second-order valence-corrected chi connectivity index (χ2v) is 3.81. The van der Waals surface area contributed by atoms with Gasteiger partial charge in [-0.25, -0.2) is 4.39 Å². The predicted molar refractivity (Wildman–Crippen MR) is 59.8 cm³/mol. The van der Waals surface area contributed by atoms with E-state index < -0.39 is 5.82 Å². The highest BCUT2D eigenvalue weighted by atomic mass is 35.5. The van der Waals surface area contributed by atoms with E-state index >= 15 is 0 Å². The van der Waals surface area contributed by atoms with Gasteiger partial charge in [0.1, 0.15) is 11.6 Å². The maximum absolute atomic E-state index is 13.2. The van der Waals surface area contributed by atoms with E-state index in [-0.39, 0.29) is 11.6 Å². The number of rotatable bonds is 3. The molecule has 1 aromatic heterocycles. The lowest BCUT2D eigenvalue weighted by Gasteiger charge is -1.99. The molecule has 1 heterocycles. The number of hydrogen-bond acceptors (Lipinski definition) is 3. The fourth-order valence-corrected chi connectivity index (χ4v) is 1.94. The molecule has 2 aromatic rings. The van der Waals surface area contributed by atoms with Crippen LogP contribution in [0, 0.1) is 5.82 Å². The largest absolute Gasteiger partial charge is 0.458 e. The summed E-state index contributed by atoms with van der Waals surface area (Å²) in [6.07, 6.45) is 0. The van der Waals surface area contributed by atoms with Crippen LogP contribution in [-0.4, -0.2) is 7.11 Å². The molecule has 0 atom stereocenters. The van der Waals surface area contributed by atoms with E-state index in [2.05, 4.69) is 0 Å². The van der Waals surface area contributed by atoms with Crippen molar-refractivity contribution in [2.75, 3.05) is 7.11 Å². The molecule has 2 rings (SSSR count). The van der Waals surface area contributed by atoms with Crippen molar-refractivity contribution in [3.63, 3.8) is 0 Å². The molecule has 0 aliphatic carbocycles. The van der Waals surface area contributed by atoms with Gasteiger partial charge in [0.25, 0.3) is 0 Å². The number of ether oxygens (including phenoxy) is 1. The van der Waals surface area contributed by atoms with Crippen molar-refractivity contribution in [3.8, 4) is 0 Å². The minimum Gasteiger partial charge on any atom is -0.458 e. The first kappa shape index (κ1) is 11.4. The molecule has 0 radical (unpaired) electrons. The fraction of sp³-hybridized carbons (Fsp3) is 0.273. The summed E-state index contributed by atoms with van der Waals surface area (Å²) < 4.78 is 23.8. The third-order valence-corrected chi connectivity index (χ3v) is 2.65. The molecule has 1 aromatic carbocycles. The van der Waals surface area contributed by atoms with Crippen LogP contribution in [-0.2, 0) is 17.9 Å². The van der Waals surface area contributed by atoms with Crippen LogP contribution >= 0.6 is 11.6 Å². The summed E-state index contributed by atoms with van der Waals surface area (Å²) in [6.45, 7) is 0.546. The Morgan fingerprint density at radius 1 is 1.50 bits per heavy atom. The Morgan fingerprint density at radius 3 is 2.88 bits per heavy atom. The summed E-state index contributed by atoms with van der Waals surface area (Å²) in [5, 5.41) is 0.861. The van der Waals surface area contributed by atoms with Crippen molar-refractivity contribution in [2.45, 2.75) is 13.2 Å². The van der Waals surface area contributed by atoms with Crippen LogP contribution < -0.4 is 5.73 Å². The van der Waals surface area contributed by atoms with Gasteiger partial charge < -0.3 is 14.9 Å². The van der Waals surface area contributed by atoms with Crippen molar-refractivity contribution in [1.82, 2.24) is 0 Å². The Kier molecular flexibility index (Phi) is 3.14. The number of hydrogen-bond donors (Lipinski definition) is 1. The molecular weight excluding hydrogens is 233 g/mol. The zero-order chi connectivity index (χ0) is 11.7. The molecule has 0 bridgehead atoms. The van der Waals surface area contributed by atoms with E-state index in [4.69, 9.17) is 26.5 Å². The zero-order valence-electron chi connectivity index (χ0n) is 8.72. The lowest BCUT2D eigenvalue weighted by atomic mass is 10.1. The first-order chi connectivity index (χ1) is 7.67. The second-order valence-electron chi connectivity index (χ2n) is 3.41. The predicted octanol–water partition coefficient (Wildman–Crippen LogP) is 2.83. The molecular formula is C11H11ClFNO2. The molecule has 0 unspecified atom stereocenters. The van der Waals surface area contributed by atoms with Crippen LogP contribution in [0.15, 0.2) is 16.5 Å². The molecule has 0 spiro atoms. The second kappa shape index (κ2) is 4.41. The molecule has 0 aliphatic rings. The number of methoxy groups -OCH3 is 1. The highest BCUT2D eigenvalue weighted by Crippen LogP contribution is 2.32. The van der Waals surface area contributed by atoms with Crippen LogP contribution in [0.1, 0.15) is 11.3 Å². The van der Waals surface area contributed by atoms with Crippen molar-refractivity contribution in [1.29, 1.82) is 0 Å². The molecule has 86 valence electrons. The van der Waals surface area contributed by atoms with Gasteiger partial charge in [0, 0.05) is 18.1 Å². The van der Waals surface area contributed by atoms with Crippen LogP contribution in [0.2, 0.25) is 5.02 Å². The van der Waals surface area contributed by atoms with E-state index in [0.717, 1.165) is 5.56 Å². The van der Waals surface area contributed by atoms with Gasteiger partial charge in [0.15, 0.2) is 5.58 Å². The van der Waals surface area contributed by atoms with Gasteiger partial charge in [0.05, 0.1) is 18.2 Å². The normalized spacial score (nSPS) is 11.2. The highest BCUT2D eigenvalue weighted by molar-refractivity contribution is 6.34. The molecule has 5 heteroatoms. The van der Waals surface area contributed by atoms with E-state index in [1.807, 2.05) is 0 Å². The standard InChI is InChI=1S/C11H11ClFNO2/c1-15-5-8-7-2-6(13)3-9(12)11(7)16-10(8)4-14/h2-3H,4-5,14H2,1H3. The Hall–Kier alpha value is -1.10. The molecule has 3 nitrogen and oxygen atoms in total. The van der Waals surface area contributed by atoms with Gasteiger partial charge in [-0.15, -0.1) is 0 Å². The fourth-order valence-electron chi connectivity index (χ4n) is 1.69. The molecule has 2 N–H and O–H groups in total. The van der Waals surface area contributed by atoms with E-state index in [9.17, 15) is 4.39 Å². The number of halogens is 2. The molecule has 16 heavy (non-hydrogen) atoms. The quantitative estimate of drug-likeness (QED) is 0.902. The third kappa shape index (κ3) is 1.80. The van der Waals surface area contributed by atoms with Gasteiger partial charge in [-0.2, -0.15) is 0 Å². The number of nitrogens with two attached hydrogens (primary N) is 1. The Labute approximate surface area is 96.9 Å². The monoisotopic (exact) mass is 243 g/mol. The topological polar surface area (TPSA) is 48.4 Å². The van der Waals surface area contributed by atoms with Crippen LogP contribution in [0.5, 0.6) is 0 Å². The van der Waals surface area contributed by atoms with Gasteiger partial charge in [-0.05, 0) is 12.1 Å². The number of fused-ring (bicyclic) bond motifs is 1. The number of benzene rings is 1. The SMILES string of the molecule is COCc1c(CN)oc2c(Cl)cc(F)cc12. The maximum atomic E-state index is 13.2. The van der Waals surface area contributed by atoms with E-state index in [0.29, 0.717) is 23.3 Å². The average Bonchev–Trinajstić information content (AvgIpc) is 2.58. The molecule has 0 saturated carbocycles. The number of furan rings is 1. The van der Waals surface area contributed by atoms with Crippen molar-refractivity contribution in [3.05, 3.63) is 34.3 Å². The molecule has 0 fully saturated rings. The van der Waals surface area contributed by atoms with Crippen LogP contribution in [0.25, 0.3) is 11.0 Å². The maximum Gasteiger partial charge on any atom is 0.153 e. The van der Waals surface area contributed by atoms with Gasteiger partial charge in [-0.3, -0.25) is 0 Å². The first-order valence-electron chi connectivity index (χ1n) is 4.75. The van der Waals surface area contributed by atoms with Crippen molar-refractivity contribution >= 4 is 22.6 Å². The molecule has 0 aliphatic heterocycles. The minimum absolute atomic E-state index is 0.228. The molecule has 0 saturated heterocycles. The summed E-state index contributed by atoms with van der Waals surface area (Å²) in [4.78, 5) is 0. The third-order valence-electron chi connectivity index (χ3n) is 2.37. The van der Waals surface area contributed by atoms with Gasteiger partial charge in [-0.1, -0.05) is 11.6 Å². The van der Waals surface area contributed by atoms with Crippen LogP contribution in [0.3, 0.4) is 0 Å². The van der Waals surface area contributed by atoms with Gasteiger partial charge in [0.2, 0.25) is 0 Å². The van der Waals surface area contributed by atoms with Crippen molar-refractivity contribution < 1.29 is 13.5 Å². The minimum atomic E-state index is -0.403. The Bertz CT molecular complexity index is 524. The summed E-state index contributed by atoms with van der Waals surface area (Å²) in [5.74, 6) is 0.170. The smallest absolute Gasteiger partial charge is 0.153 e. The van der Waals surface area contributed by atoms with Gasteiger partial charge >= 0.3 is 0 Å². The Balaban J connectivity index is 2.73. The highest BCUT2D eigenvalue weighted by Gasteiger charge is 2.16. The summed E-state index contributed by atoms with van der Waals surface area (Å²) in [7, 11) is 1.56. The summed E-state index contributed by atoms with van der Waals surface area (Å²) in [6, 6.07) is 2.59. The average molecular weight is 244 g/mol. The zero-order valence-corrected chi connectivity index (χ0v) is 9.47. The summed E-state index contributed by atoms with van der Waals surface area (Å²) in [5.41, 5.74) is 6.75.